The molecule has 1 rings (SSSR count). The second-order valence-corrected chi connectivity index (χ2v) is 6.24. The quantitative estimate of drug-likeness (QED) is 0.801. The molecule has 1 saturated heterocycles. The third kappa shape index (κ3) is 2.76. The lowest BCUT2D eigenvalue weighted by Gasteiger charge is -2.49. The topological polar surface area (TPSA) is 38.5 Å². The highest BCUT2D eigenvalue weighted by Gasteiger charge is 2.40. The number of nitrogens with two attached hydrogens (primary N) is 1. The molecule has 1 aliphatic heterocycles. The Morgan fingerprint density at radius 1 is 1.44 bits per heavy atom. The predicted octanol–water partition coefficient (Wildman–Crippen LogP) is 1.86. The fraction of sp³-hybridized carbons (Fsp3) is 1.00. The fourth-order valence-electron chi connectivity index (χ4n) is 2.41. The summed E-state index contributed by atoms with van der Waals surface area (Å²) in [4.78, 5) is 2.44. The minimum atomic E-state index is 0.0466. The maximum absolute atomic E-state index is 6.00. The standard InChI is InChI=1S/C13H28N2O/c1-11(12(2,3)4)15(5)13(9-14)7-6-8-16-10-13/h11H,6-10,14H2,1-5H3. The van der Waals surface area contributed by atoms with Gasteiger partial charge < -0.3 is 10.5 Å². The predicted molar refractivity (Wildman–Crippen MR) is 68.5 cm³/mol. The van der Waals surface area contributed by atoms with E-state index in [2.05, 4.69) is 39.6 Å². The largest absolute Gasteiger partial charge is 0.379 e. The van der Waals surface area contributed by atoms with E-state index >= 15 is 0 Å². The molecule has 1 aliphatic rings. The first kappa shape index (κ1) is 13.9. The van der Waals surface area contributed by atoms with Crippen molar-refractivity contribution in [1.82, 2.24) is 4.90 Å². The highest BCUT2D eigenvalue weighted by Crippen LogP contribution is 2.32. The molecule has 3 heteroatoms. The van der Waals surface area contributed by atoms with Gasteiger partial charge in [0.25, 0.3) is 0 Å². The zero-order valence-electron chi connectivity index (χ0n) is 11.5. The molecule has 1 heterocycles. The summed E-state index contributed by atoms with van der Waals surface area (Å²) < 4.78 is 5.64. The number of nitrogens with zero attached hydrogens (tertiary/aromatic N) is 1. The van der Waals surface area contributed by atoms with Gasteiger partial charge in [-0.2, -0.15) is 0 Å². The van der Waals surface area contributed by atoms with Crippen LogP contribution in [0.1, 0.15) is 40.5 Å². The molecule has 0 saturated carbocycles. The Kier molecular flexibility index (Phi) is 4.38. The van der Waals surface area contributed by atoms with E-state index in [1.807, 2.05) is 0 Å². The third-order valence-corrected chi connectivity index (χ3v) is 4.26. The molecular formula is C13H28N2O. The number of ether oxygens (including phenoxy) is 1. The molecule has 0 aromatic heterocycles. The lowest BCUT2D eigenvalue weighted by atomic mass is 9.82. The van der Waals surface area contributed by atoms with Gasteiger partial charge in [0.2, 0.25) is 0 Å². The van der Waals surface area contributed by atoms with Crippen molar-refractivity contribution < 1.29 is 4.74 Å². The molecule has 0 bridgehead atoms. The molecule has 0 aliphatic carbocycles. The van der Waals surface area contributed by atoms with E-state index in [-0.39, 0.29) is 11.0 Å². The van der Waals surface area contributed by atoms with Gasteiger partial charge in [-0.15, -0.1) is 0 Å². The van der Waals surface area contributed by atoms with Gasteiger partial charge in [-0.1, -0.05) is 20.8 Å². The van der Waals surface area contributed by atoms with Crippen molar-refractivity contribution in [2.45, 2.75) is 52.1 Å². The molecule has 0 radical (unpaired) electrons. The van der Waals surface area contributed by atoms with Crippen LogP contribution < -0.4 is 5.73 Å². The van der Waals surface area contributed by atoms with E-state index < -0.39 is 0 Å². The van der Waals surface area contributed by atoms with Crippen LogP contribution in [0.25, 0.3) is 0 Å². The normalized spacial score (nSPS) is 29.4. The van der Waals surface area contributed by atoms with E-state index in [0.717, 1.165) is 26.1 Å². The van der Waals surface area contributed by atoms with Crippen LogP contribution in [0.15, 0.2) is 0 Å². The van der Waals surface area contributed by atoms with Crippen molar-refractivity contribution in [2.75, 3.05) is 26.8 Å². The van der Waals surface area contributed by atoms with Crippen LogP contribution in [-0.4, -0.2) is 43.3 Å². The summed E-state index contributed by atoms with van der Waals surface area (Å²) >= 11 is 0. The number of hydrogen-bond acceptors (Lipinski definition) is 3. The first-order valence-electron chi connectivity index (χ1n) is 6.34. The highest BCUT2D eigenvalue weighted by atomic mass is 16.5. The maximum Gasteiger partial charge on any atom is 0.0662 e. The van der Waals surface area contributed by atoms with Crippen molar-refractivity contribution >= 4 is 0 Å². The van der Waals surface area contributed by atoms with E-state index in [9.17, 15) is 0 Å². The van der Waals surface area contributed by atoms with Crippen molar-refractivity contribution in [3.05, 3.63) is 0 Å². The van der Waals surface area contributed by atoms with Crippen LogP contribution >= 0.6 is 0 Å². The van der Waals surface area contributed by atoms with Gasteiger partial charge in [-0.25, -0.2) is 0 Å². The van der Waals surface area contributed by atoms with Crippen molar-refractivity contribution in [2.24, 2.45) is 11.1 Å². The van der Waals surface area contributed by atoms with Crippen LogP contribution in [0.4, 0.5) is 0 Å². The lowest BCUT2D eigenvalue weighted by Crippen LogP contribution is -2.61. The highest BCUT2D eigenvalue weighted by molar-refractivity contribution is 4.96. The molecule has 2 atom stereocenters. The summed E-state index contributed by atoms with van der Waals surface area (Å²) in [5.41, 5.74) is 6.32. The van der Waals surface area contributed by atoms with Crippen molar-refractivity contribution in [1.29, 1.82) is 0 Å². The summed E-state index contributed by atoms with van der Waals surface area (Å²) in [6, 6.07) is 0.498. The van der Waals surface area contributed by atoms with Gasteiger partial charge >= 0.3 is 0 Å². The molecule has 0 spiro atoms. The minimum absolute atomic E-state index is 0.0466. The monoisotopic (exact) mass is 228 g/mol. The second-order valence-electron chi connectivity index (χ2n) is 6.24. The molecule has 0 aromatic rings. The van der Waals surface area contributed by atoms with E-state index in [4.69, 9.17) is 10.5 Å². The molecule has 1 fully saturated rings. The van der Waals surface area contributed by atoms with E-state index in [0.29, 0.717) is 12.6 Å². The smallest absolute Gasteiger partial charge is 0.0662 e. The number of hydrogen-bond donors (Lipinski definition) is 1. The Hall–Kier alpha value is -0.120. The number of rotatable bonds is 3. The van der Waals surface area contributed by atoms with Crippen LogP contribution in [0, 0.1) is 5.41 Å². The Balaban J connectivity index is 2.79. The first-order valence-corrected chi connectivity index (χ1v) is 6.34. The molecule has 0 aromatic carbocycles. The van der Waals surface area contributed by atoms with Crippen LogP contribution in [0.5, 0.6) is 0 Å². The van der Waals surface area contributed by atoms with Crippen molar-refractivity contribution in [3.8, 4) is 0 Å². The summed E-state index contributed by atoms with van der Waals surface area (Å²) in [7, 11) is 2.19. The Morgan fingerprint density at radius 3 is 2.44 bits per heavy atom. The van der Waals surface area contributed by atoms with Crippen LogP contribution in [0.2, 0.25) is 0 Å². The average molecular weight is 228 g/mol. The Morgan fingerprint density at radius 2 is 2.06 bits per heavy atom. The molecular weight excluding hydrogens is 200 g/mol. The summed E-state index contributed by atoms with van der Waals surface area (Å²) in [5, 5.41) is 0. The SMILES string of the molecule is CC(N(C)C1(CN)CCCOC1)C(C)(C)C. The van der Waals surface area contributed by atoms with E-state index in [1.54, 1.807) is 0 Å². The van der Waals surface area contributed by atoms with Gasteiger partial charge in [0.1, 0.15) is 0 Å². The minimum Gasteiger partial charge on any atom is -0.379 e. The molecule has 96 valence electrons. The average Bonchev–Trinajstić information content (AvgIpc) is 2.26. The van der Waals surface area contributed by atoms with Crippen LogP contribution in [-0.2, 0) is 4.74 Å². The number of likely N-dealkylation sites (N-methyl/N-ethyl adjacent to an activating group) is 1. The van der Waals surface area contributed by atoms with E-state index in [1.165, 1.54) is 0 Å². The Labute approximate surface area is 100 Å². The first-order chi connectivity index (χ1) is 7.33. The van der Waals surface area contributed by atoms with Crippen LogP contribution in [0.3, 0.4) is 0 Å². The van der Waals surface area contributed by atoms with Gasteiger partial charge in [0.15, 0.2) is 0 Å². The third-order valence-electron chi connectivity index (χ3n) is 4.26. The van der Waals surface area contributed by atoms with Gasteiger partial charge in [-0.05, 0) is 32.2 Å². The molecule has 3 nitrogen and oxygen atoms in total. The second kappa shape index (κ2) is 5.03. The zero-order valence-corrected chi connectivity index (χ0v) is 11.5. The summed E-state index contributed by atoms with van der Waals surface area (Å²) in [6.07, 6.45) is 2.28. The molecule has 16 heavy (non-hydrogen) atoms. The molecule has 2 N–H and O–H groups in total. The maximum atomic E-state index is 6.00. The van der Waals surface area contributed by atoms with Gasteiger partial charge in [-0.3, -0.25) is 4.90 Å². The zero-order chi connectivity index (χ0) is 12.4. The summed E-state index contributed by atoms with van der Waals surface area (Å²) in [6.45, 7) is 11.5. The van der Waals surface area contributed by atoms with Crippen molar-refractivity contribution in [3.63, 3.8) is 0 Å². The van der Waals surface area contributed by atoms with Gasteiger partial charge in [0.05, 0.1) is 12.1 Å². The molecule has 0 amide bonds. The van der Waals surface area contributed by atoms with Gasteiger partial charge in [0, 0.05) is 19.2 Å². The lowest BCUT2D eigenvalue weighted by molar-refractivity contribution is -0.0651. The Bertz CT molecular complexity index is 216. The summed E-state index contributed by atoms with van der Waals surface area (Å²) in [5.74, 6) is 0. The molecule has 2 unspecified atom stereocenters. The fourth-order valence-corrected chi connectivity index (χ4v) is 2.41.